The fraction of sp³-hybridized carbons (Fsp3) is 0.471. The summed E-state index contributed by atoms with van der Waals surface area (Å²) in [5.74, 6) is 0.0583. The number of nitrogens with one attached hydrogen (secondary N) is 2. The van der Waals surface area contributed by atoms with Crippen molar-refractivity contribution in [1.29, 1.82) is 0 Å². The molecule has 1 fully saturated rings. The van der Waals surface area contributed by atoms with Gasteiger partial charge in [-0.2, -0.15) is 0 Å². The number of benzene rings is 1. The van der Waals surface area contributed by atoms with E-state index in [1.165, 1.54) is 4.90 Å². The van der Waals surface area contributed by atoms with E-state index in [1.807, 2.05) is 13.0 Å². The van der Waals surface area contributed by atoms with Crippen LogP contribution in [0.2, 0.25) is 0 Å². The molecule has 2 aliphatic rings. The van der Waals surface area contributed by atoms with Gasteiger partial charge in [-0.25, -0.2) is 0 Å². The predicted octanol–water partition coefficient (Wildman–Crippen LogP) is 0.654. The van der Waals surface area contributed by atoms with Gasteiger partial charge in [-0.1, -0.05) is 12.1 Å². The molecule has 0 aliphatic carbocycles. The summed E-state index contributed by atoms with van der Waals surface area (Å²) in [5.41, 5.74) is -0.394. The van der Waals surface area contributed by atoms with Gasteiger partial charge in [0.25, 0.3) is 5.91 Å². The van der Waals surface area contributed by atoms with Crippen LogP contribution in [0.25, 0.3) is 0 Å². The van der Waals surface area contributed by atoms with Crippen molar-refractivity contribution in [2.24, 2.45) is 0 Å². The van der Waals surface area contributed by atoms with E-state index in [0.717, 1.165) is 0 Å². The van der Waals surface area contributed by atoms with Gasteiger partial charge in [0.2, 0.25) is 11.8 Å². The number of hydrogen-bond donors (Lipinski definition) is 2. The zero-order chi connectivity index (χ0) is 17.2. The van der Waals surface area contributed by atoms with Crippen LogP contribution in [0.3, 0.4) is 0 Å². The topological polar surface area (TPSA) is 87.7 Å². The highest BCUT2D eigenvalue weighted by atomic mass is 16.5. The van der Waals surface area contributed by atoms with Crippen molar-refractivity contribution in [3.63, 3.8) is 0 Å². The number of amides is 3. The fourth-order valence-corrected chi connectivity index (χ4v) is 3.11. The highest BCUT2D eigenvalue weighted by Gasteiger charge is 2.42. The summed E-state index contributed by atoms with van der Waals surface area (Å²) in [6, 6.07) is 7.06. The second-order valence-electron chi connectivity index (χ2n) is 6.07. The molecule has 1 atom stereocenters. The maximum Gasteiger partial charge on any atom is 0.258 e. The van der Waals surface area contributed by atoms with Gasteiger partial charge in [0, 0.05) is 32.4 Å². The van der Waals surface area contributed by atoms with E-state index in [-0.39, 0.29) is 30.7 Å². The second kappa shape index (κ2) is 6.51. The number of rotatable bonds is 3. The third-order valence-electron chi connectivity index (χ3n) is 4.37. The number of carbonyl (C=O) groups excluding carboxylic acids is 3. The normalized spacial score (nSPS) is 23.1. The van der Waals surface area contributed by atoms with Crippen LogP contribution in [0.4, 0.5) is 0 Å². The Kier molecular flexibility index (Phi) is 4.42. The molecule has 2 aliphatic heterocycles. The van der Waals surface area contributed by atoms with Gasteiger partial charge in [0.1, 0.15) is 5.75 Å². The lowest BCUT2D eigenvalue weighted by Crippen LogP contribution is -2.56. The number of likely N-dealkylation sites (N-methyl/N-ethyl adjacent to an activating group) is 1. The lowest BCUT2D eigenvalue weighted by Gasteiger charge is -2.38. The molecule has 1 saturated heterocycles. The number of likely N-dealkylation sites (tertiary alicyclic amines) is 1. The van der Waals surface area contributed by atoms with Gasteiger partial charge < -0.3 is 20.3 Å². The van der Waals surface area contributed by atoms with Gasteiger partial charge in [-0.05, 0) is 19.1 Å². The molecule has 0 aromatic heterocycles. The molecule has 2 N–H and O–H groups in total. The van der Waals surface area contributed by atoms with Crippen LogP contribution >= 0.6 is 0 Å². The van der Waals surface area contributed by atoms with Crippen LogP contribution in [0.1, 0.15) is 36.5 Å². The van der Waals surface area contributed by atoms with Crippen LogP contribution in [0.15, 0.2) is 24.3 Å². The smallest absolute Gasteiger partial charge is 0.258 e. The Morgan fingerprint density at radius 2 is 2.12 bits per heavy atom. The third kappa shape index (κ3) is 3.20. The third-order valence-corrected chi connectivity index (χ3v) is 4.37. The zero-order valence-corrected chi connectivity index (χ0v) is 13.6. The fourth-order valence-electron chi connectivity index (χ4n) is 3.11. The Morgan fingerprint density at radius 1 is 1.33 bits per heavy atom. The Bertz CT molecular complexity index is 676. The summed E-state index contributed by atoms with van der Waals surface area (Å²) in [6.45, 7) is 2.76. The second-order valence-corrected chi connectivity index (χ2v) is 6.07. The van der Waals surface area contributed by atoms with Crippen LogP contribution in [-0.2, 0) is 9.59 Å². The van der Waals surface area contributed by atoms with E-state index in [9.17, 15) is 14.4 Å². The molecule has 0 saturated carbocycles. The van der Waals surface area contributed by atoms with E-state index in [2.05, 4.69) is 10.6 Å². The first-order valence-electron chi connectivity index (χ1n) is 8.18. The van der Waals surface area contributed by atoms with E-state index in [1.54, 1.807) is 18.2 Å². The molecule has 3 rings (SSSR count). The van der Waals surface area contributed by atoms with Gasteiger partial charge in [-0.3, -0.25) is 14.4 Å². The standard InChI is InChI=1S/C17H21N3O4/c1-2-18-14(21)11-20-10-9-17(8-7-15(20)22)19-16(23)12-5-3-4-6-13(12)24-17/h3-6H,2,7-11H2,1H3,(H,18,21)(H,19,23)/t17-/m0/s1. The lowest BCUT2D eigenvalue weighted by atomic mass is 10.0. The summed E-state index contributed by atoms with van der Waals surface area (Å²) in [4.78, 5) is 37.9. The molecule has 24 heavy (non-hydrogen) atoms. The van der Waals surface area contributed by atoms with Gasteiger partial charge in [0.15, 0.2) is 5.72 Å². The molecule has 3 amide bonds. The van der Waals surface area contributed by atoms with Gasteiger partial charge in [0.05, 0.1) is 12.1 Å². The minimum Gasteiger partial charge on any atom is -0.467 e. The minimum atomic E-state index is -0.892. The number of ether oxygens (including phenoxy) is 1. The number of hydrogen-bond acceptors (Lipinski definition) is 4. The molecule has 128 valence electrons. The number of carbonyl (C=O) groups is 3. The van der Waals surface area contributed by atoms with Crippen molar-refractivity contribution in [3.8, 4) is 5.75 Å². The van der Waals surface area contributed by atoms with Crippen molar-refractivity contribution < 1.29 is 19.1 Å². The summed E-state index contributed by atoms with van der Waals surface area (Å²) in [6.07, 6.45) is 1.05. The van der Waals surface area contributed by atoms with E-state index >= 15 is 0 Å². The molecule has 1 spiro atoms. The molecule has 2 heterocycles. The van der Waals surface area contributed by atoms with Crippen molar-refractivity contribution in [3.05, 3.63) is 29.8 Å². The first-order chi connectivity index (χ1) is 11.5. The maximum atomic E-state index is 12.3. The predicted molar refractivity (Wildman–Crippen MR) is 86.4 cm³/mol. The summed E-state index contributed by atoms with van der Waals surface area (Å²) < 4.78 is 6.05. The average molecular weight is 331 g/mol. The van der Waals surface area contributed by atoms with Crippen molar-refractivity contribution in [2.45, 2.75) is 31.9 Å². The highest BCUT2D eigenvalue weighted by molar-refractivity contribution is 5.98. The summed E-state index contributed by atoms with van der Waals surface area (Å²) in [7, 11) is 0. The van der Waals surface area contributed by atoms with Crippen molar-refractivity contribution >= 4 is 17.7 Å². The van der Waals surface area contributed by atoms with Gasteiger partial charge in [-0.15, -0.1) is 0 Å². The number of para-hydroxylation sites is 1. The quantitative estimate of drug-likeness (QED) is 0.851. The molecule has 7 nitrogen and oxygen atoms in total. The molecule has 1 aromatic rings. The molecular weight excluding hydrogens is 310 g/mol. The first-order valence-corrected chi connectivity index (χ1v) is 8.18. The van der Waals surface area contributed by atoms with Crippen LogP contribution in [0, 0.1) is 0 Å². The molecule has 1 aromatic carbocycles. The molecule has 7 heteroatoms. The molecule has 0 unspecified atom stereocenters. The van der Waals surface area contributed by atoms with Gasteiger partial charge >= 0.3 is 0 Å². The Balaban J connectivity index is 1.74. The Hall–Kier alpha value is -2.57. The Labute approximate surface area is 140 Å². The van der Waals surface area contributed by atoms with Crippen molar-refractivity contribution in [1.82, 2.24) is 15.5 Å². The average Bonchev–Trinajstić information content (AvgIpc) is 2.69. The van der Waals surface area contributed by atoms with Crippen LogP contribution < -0.4 is 15.4 Å². The van der Waals surface area contributed by atoms with E-state index < -0.39 is 5.72 Å². The van der Waals surface area contributed by atoms with Crippen molar-refractivity contribution in [2.75, 3.05) is 19.6 Å². The maximum absolute atomic E-state index is 12.3. The minimum absolute atomic E-state index is 0.0350. The van der Waals surface area contributed by atoms with Crippen LogP contribution in [0.5, 0.6) is 5.75 Å². The van der Waals surface area contributed by atoms with E-state index in [4.69, 9.17) is 4.74 Å². The zero-order valence-electron chi connectivity index (χ0n) is 13.6. The molecule has 0 radical (unpaired) electrons. The first kappa shape index (κ1) is 16.3. The SMILES string of the molecule is CCNC(=O)CN1CC[C@@]2(CCC1=O)NC(=O)c1ccccc1O2. The number of nitrogens with zero attached hydrogens (tertiary/aromatic N) is 1. The lowest BCUT2D eigenvalue weighted by molar-refractivity contribution is -0.135. The molecule has 0 bridgehead atoms. The summed E-state index contributed by atoms with van der Waals surface area (Å²) in [5, 5.41) is 5.60. The Morgan fingerprint density at radius 3 is 2.92 bits per heavy atom. The molecular formula is C17H21N3O4. The number of fused-ring (bicyclic) bond motifs is 1. The van der Waals surface area contributed by atoms with E-state index in [0.29, 0.717) is 37.2 Å². The summed E-state index contributed by atoms with van der Waals surface area (Å²) >= 11 is 0. The van der Waals surface area contributed by atoms with Crippen LogP contribution in [-0.4, -0.2) is 48.0 Å². The highest BCUT2D eigenvalue weighted by Crippen LogP contribution is 2.33. The monoisotopic (exact) mass is 331 g/mol. The largest absolute Gasteiger partial charge is 0.467 e.